The second-order valence-corrected chi connectivity index (χ2v) is 8.63. The number of piperidine rings is 1. The summed E-state index contributed by atoms with van der Waals surface area (Å²) in [4.78, 5) is 7.44. The predicted molar refractivity (Wildman–Crippen MR) is 116 cm³/mol. The Balaban J connectivity index is 2.08. The van der Waals surface area contributed by atoms with Crippen LogP contribution >= 0.6 is 0 Å². The number of pyridine rings is 1. The molecule has 28 heavy (non-hydrogen) atoms. The molecule has 1 saturated heterocycles. The molecule has 0 aliphatic carbocycles. The van der Waals surface area contributed by atoms with E-state index in [4.69, 9.17) is 4.98 Å². The molecular weight excluding hydrogens is 344 g/mol. The lowest BCUT2D eigenvalue weighted by molar-refractivity contribution is 0.354. The van der Waals surface area contributed by atoms with E-state index in [2.05, 4.69) is 61.3 Å². The minimum atomic E-state index is 0.670. The predicted octanol–water partition coefficient (Wildman–Crippen LogP) is 5.49. The average molecular weight is 375 g/mol. The molecule has 1 aliphatic heterocycles. The van der Waals surface area contributed by atoms with E-state index >= 15 is 0 Å². The monoisotopic (exact) mass is 374 g/mol. The van der Waals surface area contributed by atoms with Gasteiger partial charge in [0.2, 0.25) is 0 Å². The molecule has 1 aromatic carbocycles. The smallest absolute Gasteiger partial charge is 0.157 e. The largest absolute Gasteiger partial charge is 0.357 e. The van der Waals surface area contributed by atoms with Crippen LogP contribution in [0.1, 0.15) is 56.7 Å². The summed E-state index contributed by atoms with van der Waals surface area (Å²) >= 11 is 0. The molecule has 3 aromatic rings. The maximum atomic E-state index is 9.96. The highest BCUT2D eigenvalue weighted by atomic mass is 15.2. The van der Waals surface area contributed by atoms with Gasteiger partial charge in [0.15, 0.2) is 5.65 Å². The lowest BCUT2D eigenvalue weighted by Crippen LogP contribution is -2.40. The van der Waals surface area contributed by atoms with Gasteiger partial charge in [0.25, 0.3) is 0 Å². The Hall–Kier alpha value is -2.54. The molecule has 1 aliphatic rings. The van der Waals surface area contributed by atoms with Crippen molar-refractivity contribution in [3.8, 4) is 6.07 Å². The van der Waals surface area contributed by atoms with Gasteiger partial charge in [-0.25, -0.2) is 4.98 Å². The SMILES string of the molecule is CCCCc1c(C)c(C#N)c2nc3ccccc3n2c1N1C[C@H](C)C[C@@H](C)C1. The number of nitriles is 1. The van der Waals surface area contributed by atoms with Gasteiger partial charge in [-0.15, -0.1) is 0 Å². The number of para-hydroxylation sites is 2. The first kappa shape index (κ1) is 18.8. The van der Waals surface area contributed by atoms with Crippen molar-refractivity contribution in [3.05, 3.63) is 41.0 Å². The minimum Gasteiger partial charge on any atom is -0.357 e. The second-order valence-electron chi connectivity index (χ2n) is 8.63. The number of anilines is 1. The molecule has 3 heterocycles. The van der Waals surface area contributed by atoms with E-state index in [1.54, 1.807) is 0 Å². The van der Waals surface area contributed by atoms with Crippen molar-refractivity contribution in [3.63, 3.8) is 0 Å². The summed E-state index contributed by atoms with van der Waals surface area (Å²) in [6.07, 6.45) is 4.57. The fourth-order valence-corrected chi connectivity index (χ4v) is 4.98. The van der Waals surface area contributed by atoms with Gasteiger partial charge in [0.1, 0.15) is 11.9 Å². The Bertz CT molecular complexity index is 1050. The van der Waals surface area contributed by atoms with Gasteiger partial charge in [0.05, 0.1) is 16.6 Å². The van der Waals surface area contributed by atoms with Crippen LogP contribution in [0.25, 0.3) is 16.7 Å². The van der Waals surface area contributed by atoms with Crippen LogP contribution in [0.3, 0.4) is 0 Å². The fraction of sp³-hybridized carbons (Fsp3) is 0.500. The van der Waals surface area contributed by atoms with Gasteiger partial charge in [-0.1, -0.05) is 39.3 Å². The number of fused-ring (bicyclic) bond motifs is 3. The molecule has 0 amide bonds. The quantitative estimate of drug-likeness (QED) is 0.606. The zero-order valence-corrected chi connectivity index (χ0v) is 17.5. The third-order valence-electron chi connectivity index (χ3n) is 6.15. The summed E-state index contributed by atoms with van der Waals surface area (Å²) in [6.45, 7) is 11.2. The molecule has 1 fully saturated rings. The average Bonchev–Trinajstić information content (AvgIpc) is 3.04. The van der Waals surface area contributed by atoms with E-state index in [0.717, 1.165) is 60.2 Å². The molecule has 0 spiro atoms. The number of hydrogen-bond acceptors (Lipinski definition) is 3. The van der Waals surface area contributed by atoms with Crippen molar-refractivity contribution in [2.75, 3.05) is 18.0 Å². The number of aromatic nitrogens is 2. The van der Waals surface area contributed by atoms with Crippen LogP contribution in [0.5, 0.6) is 0 Å². The van der Waals surface area contributed by atoms with Crippen molar-refractivity contribution < 1.29 is 0 Å². The third-order valence-corrected chi connectivity index (χ3v) is 6.15. The van der Waals surface area contributed by atoms with Crippen molar-refractivity contribution in [1.29, 1.82) is 5.26 Å². The normalized spacial score (nSPS) is 20.0. The standard InChI is InChI=1S/C24H30N4/c1-5-6-9-19-18(4)20(13-25)23-26-21-10-7-8-11-22(21)28(23)24(19)27-14-16(2)12-17(3)15-27/h7-8,10-11,16-17H,5-6,9,12,14-15H2,1-4H3/t16-,17-/m1/s1. The molecule has 2 aromatic heterocycles. The lowest BCUT2D eigenvalue weighted by atomic mass is 9.90. The highest BCUT2D eigenvalue weighted by Gasteiger charge is 2.28. The highest BCUT2D eigenvalue weighted by Crippen LogP contribution is 2.36. The van der Waals surface area contributed by atoms with Gasteiger partial charge in [0, 0.05) is 13.1 Å². The number of rotatable bonds is 4. The summed E-state index contributed by atoms with van der Waals surface area (Å²) in [5.41, 5.74) is 6.04. The van der Waals surface area contributed by atoms with Gasteiger partial charge in [-0.2, -0.15) is 5.26 Å². The molecule has 4 nitrogen and oxygen atoms in total. The molecule has 0 saturated carbocycles. The van der Waals surface area contributed by atoms with Crippen LogP contribution in [0, 0.1) is 30.1 Å². The number of unbranched alkanes of at least 4 members (excludes halogenated alkanes) is 1. The third kappa shape index (κ3) is 3.03. The first-order chi connectivity index (χ1) is 13.5. The zero-order valence-electron chi connectivity index (χ0n) is 17.5. The van der Waals surface area contributed by atoms with Crippen LogP contribution in [-0.2, 0) is 6.42 Å². The molecule has 4 rings (SSSR count). The van der Waals surface area contributed by atoms with Crippen molar-refractivity contribution in [2.24, 2.45) is 11.8 Å². The Labute approximate surface area is 167 Å². The van der Waals surface area contributed by atoms with Crippen molar-refractivity contribution >= 4 is 22.5 Å². The topological polar surface area (TPSA) is 44.3 Å². The molecule has 146 valence electrons. The zero-order chi connectivity index (χ0) is 19.8. The molecule has 0 unspecified atom stereocenters. The Morgan fingerprint density at radius 2 is 1.89 bits per heavy atom. The maximum Gasteiger partial charge on any atom is 0.157 e. The summed E-state index contributed by atoms with van der Waals surface area (Å²) < 4.78 is 2.27. The van der Waals surface area contributed by atoms with E-state index in [-0.39, 0.29) is 0 Å². The summed E-state index contributed by atoms with van der Waals surface area (Å²) in [5.74, 6) is 2.61. The van der Waals surface area contributed by atoms with Crippen LogP contribution in [-0.4, -0.2) is 22.5 Å². The van der Waals surface area contributed by atoms with E-state index in [1.165, 1.54) is 17.8 Å². The molecular formula is C24H30N4. The van der Waals surface area contributed by atoms with Crippen molar-refractivity contribution in [1.82, 2.24) is 9.38 Å². The van der Waals surface area contributed by atoms with Crippen LogP contribution in [0.15, 0.2) is 24.3 Å². The second kappa shape index (κ2) is 7.47. The summed E-state index contributed by atoms with van der Waals surface area (Å²) in [5, 5.41) is 9.96. The first-order valence-corrected chi connectivity index (χ1v) is 10.6. The summed E-state index contributed by atoms with van der Waals surface area (Å²) in [7, 11) is 0. The molecule has 0 N–H and O–H groups in total. The van der Waals surface area contributed by atoms with E-state index in [9.17, 15) is 5.26 Å². The van der Waals surface area contributed by atoms with E-state index in [1.807, 2.05) is 6.07 Å². The molecule has 0 bridgehead atoms. The number of hydrogen-bond donors (Lipinski definition) is 0. The van der Waals surface area contributed by atoms with E-state index in [0.29, 0.717) is 11.8 Å². The number of nitrogens with zero attached hydrogens (tertiary/aromatic N) is 4. The molecule has 0 radical (unpaired) electrons. The minimum absolute atomic E-state index is 0.670. The number of benzene rings is 1. The van der Waals surface area contributed by atoms with Crippen LogP contribution in [0.2, 0.25) is 0 Å². The van der Waals surface area contributed by atoms with Crippen molar-refractivity contribution in [2.45, 2.75) is 53.4 Å². The highest BCUT2D eigenvalue weighted by molar-refractivity contribution is 5.86. The Kier molecular flexibility index (Phi) is 5.02. The fourth-order valence-electron chi connectivity index (χ4n) is 4.98. The van der Waals surface area contributed by atoms with E-state index < -0.39 is 0 Å². The molecule has 2 atom stereocenters. The van der Waals surface area contributed by atoms with Gasteiger partial charge in [-0.3, -0.25) is 4.40 Å². The Morgan fingerprint density at radius 1 is 1.18 bits per heavy atom. The van der Waals surface area contributed by atoms with Crippen LogP contribution in [0.4, 0.5) is 5.82 Å². The number of imidazole rings is 1. The van der Waals surface area contributed by atoms with Gasteiger partial charge in [-0.05, 0) is 61.3 Å². The first-order valence-electron chi connectivity index (χ1n) is 10.6. The molecule has 4 heteroatoms. The van der Waals surface area contributed by atoms with Crippen LogP contribution < -0.4 is 4.90 Å². The van der Waals surface area contributed by atoms with Gasteiger partial charge < -0.3 is 4.90 Å². The van der Waals surface area contributed by atoms with Gasteiger partial charge >= 0.3 is 0 Å². The maximum absolute atomic E-state index is 9.96. The Morgan fingerprint density at radius 3 is 2.57 bits per heavy atom. The summed E-state index contributed by atoms with van der Waals surface area (Å²) in [6, 6.07) is 10.7. The lowest BCUT2D eigenvalue weighted by Gasteiger charge is -2.38.